The summed E-state index contributed by atoms with van der Waals surface area (Å²) in [7, 11) is 0. The number of fused-ring (bicyclic) bond motifs is 1. The Bertz CT molecular complexity index is 1000. The van der Waals surface area contributed by atoms with Gasteiger partial charge in [0.05, 0.1) is 13.2 Å². The third kappa shape index (κ3) is 3.99. The molecule has 0 fully saturated rings. The Hall–Kier alpha value is -3.16. The highest BCUT2D eigenvalue weighted by atomic mass is 16.5. The molecule has 1 aromatic carbocycles. The highest BCUT2D eigenvalue weighted by Gasteiger charge is 2.21. The van der Waals surface area contributed by atoms with Crippen LogP contribution in [0.1, 0.15) is 32.3 Å². The Morgan fingerprint density at radius 2 is 1.96 bits per heavy atom. The third-order valence-electron chi connectivity index (χ3n) is 4.03. The van der Waals surface area contributed by atoms with Crippen LogP contribution in [0.4, 0.5) is 5.69 Å². The standard InChI is InChI=1S/C19H23N5O3/c1-5-27-15-8-6-14(7-9-15)23(18(26)12(2)3)11-16-21-19-20-13(4)10-17(25)24(19)22-16/h6-10,12H,5,11H2,1-4H3,(H,20,21,22). The maximum absolute atomic E-state index is 12.8. The number of rotatable bonds is 6. The monoisotopic (exact) mass is 369 g/mol. The molecule has 3 rings (SSSR count). The van der Waals surface area contributed by atoms with E-state index in [0.29, 0.717) is 23.9 Å². The summed E-state index contributed by atoms with van der Waals surface area (Å²) in [5, 5.41) is 2.93. The molecule has 27 heavy (non-hydrogen) atoms. The van der Waals surface area contributed by atoms with Gasteiger partial charge in [0.2, 0.25) is 5.91 Å². The number of aryl methyl sites for hydroxylation is 1. The fourth-order valence-corrected chi connectivity index (χ4v) is 2.75. The molecule has 0 saturated carbocycles. The number of carbonyl (C=O) groups is 1. The van der Waals surface area contributed by atoms with Crippen molar-refractivity contribution in [2.75, 3.05) is 11.5 Å². The molecule has 0 atom stereocenters. The maximum Gasteiger partial charge on any atom is 0.274 e. The van der Waals surface area contributed by atoms with Crippen LogP contribution in [0.5, 0.6) is 5.75 Å². The van der Waals surface area contributed by atoms with Crippen LogP contribution in [-0.4, -0.2) is 32.1 Å². The van der Waals surface area contributed by atoms with Crippen molar-refractivity contribution in [1.82, 2.24) is 19.6 Å². The number of ether oxygens (including phenoxy) is 1. The largest absolute Gasteiger partial charge is 0.494 e. The number of aromatic nitrogens is 4. The molecule has 2 heterocycles. The number of anilines is 1. The lowest BCUT2D eigenvalue weighted by atomic mass is 10.1. The Kier molecular flexibility index (Phi) is 5.25. The number of amides is 1. The van der Waals surface area contributed by atoms with Gasteiger partial charge in [0.15, 0.2) is 0 Å². The molecule has 0 aliphatic rings. The van der Waals surface area contributed by atoms with Crippen LogP contribution in [0.15, 0.2) is 35.1 Å². The fourth-order valence-electron chi connectivity index (χ4n) is 2.75. The minimum atomic E-state index is -0.237. The van der Waals surface area contributed by atoms with Gasteiger partial charge in [0.25, 0.3) is 11.3 Å². The molecule has 8 heteroatoms. The SMILES string of the molecule is CCOc1ccc(N(Cc2nc3nc(C)cc(=O)n3[nH]2)C(=O)C(C)C)cc1. The smallest absolute Gasteiger partial charge is 0.274 e. The van der Waals surface area contributed by atoms with E-state index >= 15 is 0 Å². The summed E-state index contributed by atoms with van der Waals surface area (Å²) in [5.41, 5.74) is 1.09. The Morgan fingerprint density at radius 3 is 2.59 bits per heavy atom. The zero-order valence-corrected chi connectivity index (χ0v) is 15.9. The molecule has 1 N–H and O–H groups in total. The van der Waals surface area contributed by atoms with Gasteiger partial charge >= 0.3 is 0 Å². The first-order valence-corrected chi connectivity index (χ1v) is 8.88. The first-order chi connectivity index (χ1) is 12.9. The van der Waals surface area contributed by atoms with Crippen LogP contribution < -0.4 is 15.2 Å². The van der Waals surface area contributed by atoms with E-state index in [1.807, 2.05) is 45.0 Å². The molecule has 0 spiro atoms. The van der Waals surface area contributed by atoms with E-state index in [2.05, 4.69) is 15.1 Å². The second-order valence-electron chi connectivity index (χ2n) is 6.55. The summed E-state index contributed by atoms with van der Waals surface area (Å²) in [6.07, 6.45) is 0. The van der Waals surface area contributed by atoms with Crippen LogP contribution in [0.25, 0.3) is 5.78 Å². The zero-order chi connectivity index (χ0) is 19.6. The average molecular weight is 369 g/mol. The van der Waals surface area contributed by atoms with E-state index in [0.717, 1.165) is 11.4 Å². The first kappa shape index (κ1) is 18.6. The molecule has 0 radical (unpaired) electrons. The van der Waals surface area contributed by atoms with E-state index < -0.39 is 0 Å². The number of hydrogen-bond donors (Lipinski definition) is 1. The minimum absolute atomic E-state index is 0.0453. The topological polar surface area (TPSA) is 92.6 Å². The third-order valence-corrected chi connectivity index (χ3v) is 4.03. The van der Waals surface area contributed by atoms with Crippen molar-refractivity contribution < 1.29 is 9.53 Å². The number of carbonyl (C=O) groups excluding carboxylic acids is 1. The molecule has 0 aliphatic carbocycles. The minimum Gasteiger partial charge on any atom is -0.494 e. The number of nitrogens with zero attached hydrogens (tertiary/aromatic N) is 4. The summed E-state index contributed by atoms with van der Waals surface area (Å²) >= 11 is 0. The van der Waals surface area contributed by atoms with Crippen LogP contribution in [0, 0.1) is 12.8 Å². The Morgan fingerprint density at radius 1 is 1.26 bits per heavy atom. The predicted molar refractivity (Wildman–Crippen MR) is 102 cm³/mol. The fraction of sp³-hybridized carbons (Fsp3) is 0.368. The Balaban J connectivity index is 1.95. The lowest BCUT2D eigenvalue weighted by Gasteiger charge is -2.24. The van der Waals surface area contributed by atoms with E-state index in [4.69, 9.17) is 4.74 Å². The summed E-state index contributed by atoms with van der Waals surface area (Å²) in [4.78, 5) is 35.1. The van der Waals surface area contributed by atoms with E-state index in [1.54, 1.807) is 11.8 Å². The van der Waals surface area contributed by atoms with Crippen LogP contribution >= 0.6 is 0 Å². The predicted octanol–water partition coefficient (Wildman–Crippen LogP) is 2.31. The van der Waals surface area contributed by atoms with Crippen molar-refractivity contribution in [3.05, 3.63) is 52.2 Å². The molecule has 3 aromatic rings. The van der Waals surface area contributed by atoms with Crippen LogP contribution in [-0.2, 0) is 11.3 Å². The number of H-pyrrole nitrogens is 1. The molecule has 2 aromatic heterocycles. The number of benzene rings is 1. The lowest BCUT2D eigenvalue weighted by Crippen LogP contribution is -2.34. The van der Waals surface area contributed by atoms with E-state index in [-0.39, 0.29) is 23.9 Å². The molecule has 0 saturated heterocycles. The highest BCUT2D eigenvalue weighted by molar-refractivity contribution is 5.94. The van der Waals surface area contributed by atoms with E-state index in [9.17, 15) is 9.59 Å². The average Bonchev–Trinajstić information content (AvgIpc) is 3.03. The van der Waals surface area contributed by atoms with Crippen molar-refractivity contribution in [3.63, 3.8) is 0 Å². The van der Waals surface area contributed by atoms with Gasteiger partial charge in [0.1, 0.15) is 11.6 Å². The van der Waals surface area contributed by atoms with Crippen molar-refractivity contribution in [3.8, 4) is 5.75 Å². The van der Waals surface area contributed by atoms with Gasteiger partial charge in [-0.3, -0.25) is 14.7 Å². The van der Waals surface area contributed by atoms with E-state index in [1.165, 1.54) is 10.6 Å². The molecular formula is C19H23N5O3. The van der Waals surface area contributed by atoms with Gasteiger partial charge in [-0.15, -0.1) is 0 Å². The first-order valence-electron chi connectivity index (χ1n) is 8.88. The molecule has 0 unspecified atom stereocenters. The van der Waals surface area contributed by atoms with Crippen molar-refractivity contribution in [2.24, 2.45) is 5.92 Å². The Labute approximate surface area is 156 Å². The van der Waals surface area contributed by atoms with Crippen molar-refractivity contribution >= 4 is 17.4 Å². The van der Waals surface area contributed by atoms with Gasteiger partial charge in [-0.25, -0.2) is 4.98 Å². The van der Waals surface area contributed by atoms with Gasteiger partial charge < -0.3 is 9.64 Å². The molecular weight excluding hydrogens is 346 g/mol. The highest BCUT2D eigenvalue weighted by Crippen LogP contribution is 2.22. The van der Waals surface area contributed by atoms with Crippen molar-refractivity contribution in [2.45, 2.75) is 34.2 Å². The van der Waals surface area contributed by atoms with Crippen LogP contribution in [0.2, 0.25) is 0 Å². The van der Waals surface area contributed by atoms with Gasteiger partial charge in [0, 0.05) is 23.4 Å². The molecule has 0 bridgehead atoms. The zero-order valence-electron chi connectivity index (χ0n) is 15.9. The quantitative estimate of drug-likeness (QED) is 0.720. The second-order valence-corrected chi connectivity index (χ2v) is 6.55. The molecule has 0 aliphatic heterocycles. The summed E-state index contributed by atoms with van der Waals surface area (Å²) in [6, 6.07) is 8.75. The summed E-state index contributed by atoms with van der Waals surface area (Å²) < 4.78 is 6.74. The lowest BCUT2D eigenvalue weighted by molar-refractivity contribution is -0.121. The molecule has 1 amide bonds. The number of hydrogen-bond acceptors (Lipinski definition) is 5. The molecule has 8 nitrogen and oxygen atoms in total. The summed E-state index contributed by atoms with van der Waals surface area (Å²) in [6.45, 7) is 8.13. The van der Waals surface area contributed by atoms with Gasteiger partial charge in [-0.1, -0.05) is 13.8 Å². The van der Waals surface area contributed by atoms with Crippen molar-refractivity contribution in [1.29, 1.82) is 0 Å². The molecule has 142 valence electrons. The number of aromatic amines is 1. The number of nitrogens with one attached hydrogen (secondary N) is 1. The van der Waals surface area contributed by atoms with Crippen LogP contribution in [0.3, 0.4) is 0 Å². The maximum atomic E-state index is 12.8. The normalized spacial score (nSPS) is 11.1. The summed E-state index contributed by atoms with van der Waals surface area (Å²) in [5.74, 6) is 1.28. The van der Waals surface area contributed by atoms with Gasteiger partial charge in [-0.05, 0) is 38.1 Å². The van der Waals surface area contributed by atoms with Gasteiger partial charge in [-0.2, -0.15) is 9.50 Å². The second kappa shape index (κ2) is 7.61.